The van der Waals surface area contributed by atoms with Crippen molar-refractivity contribution in [1.29, 1.82) is 0 Å². The fourth-order valence-electron chi connectivity index (χ4n) is 2.54. The number of carbonyl (C=O) groups excluding carboxylic acids is 2. The van der Waals surface area contributed by atoms with Gasteiger partial charge in [-0.2, -0.15) is 26.3 Å². The van der Waals surface area contributed by atoms with Crippen molar-refractivity contribution in [3.63, 3.8) is 0 Å². The summed E-state index contributed by atoms with van der Waals surface area (Å²) in [6, 6.07) is 0. The van der Waals surface area contributed by atoms with Crippen LogP contribution in [0.25, 0.3) is 0 Å². The number of carbonyl (C=O) groups is 2. The number of hydrogen-bond donors (Lipinski definition) is 0. The lowest BCUT2D eigenvalue weighted by molar-refractivity contribution is -0.270. The summed E-state index contributed by atoms with van der Waals surface area (Å²) in [5, 5.41) is 0. The van der Waals surface area contributed by atoms with Crippen molar-refractivity contribution in [2.75, 3.05) is 6.61 Å². The van der Waals surface area contributed by atoms with Crippen LogP contribution in [0.4, 0.5) is 30.7 Å². The van der Waals surface area contributed by atoms with Gasteiger partial charge in [-0.1, -0.05) is 27.7 Å². The highest BCUT2D eigenvalue weighted by Gasteiger charge is 2.68. The van der Waals surface area contributed by atoms with E-state index < -0.39 is 54.0 Å². The highest BCUT2D eigenvalue weighted by Crippen LogP contribution is 2.42. The Hall–Kier alpha value is -1.55. The topological polar surface area (TPSA) is 52.6 Å². The van der Waals surface area contributed by atoms with Crippen molar-refractivity contribution in [3.05, 3.63) is 0 Å². The lowest BCUT2D eigenvalue weighted by Gasteiger charge is -2.36. The first-order valence-electron chi connectivity index (χ1n) is 8.49. The van der Waals surface area contributed by atoms with E-state index in [1.54, 1.807) is 27.7 Å². The molecule has 0 saturated carbocycles. The Bertz CT molecular complexity index is 557. The highest BCUT2D eigenvalue weighted by molar-refractivity contribution is 5.83. The van der Waals surface area contributed by atoms with Crippen LogP contribution in [-0.2, 0) is 19.1 Å². The molecule has 0 N–H and O–H groups in total. The largest absolute Gasteiger partial charge is 0.458 e. The summed E-state index contributed by atoms with van der Waals surface area (Å²) in [5.74, 6) is -4.50. The Morgan fingerprint density at radius 3 is 1.64 bits per heavy atom. The molecule has 0 aliphatic carbocycles. The molecule has 28 heavy (non-hydrogen) atoms. The van der Waals surface area contributed by atoms with Crippen molar-refractivity contribution in [2.45, 2.75) is 72.1 Å². The van der Waals surface area contributed by atoms with E-state index in [0.717, 1.165) is 0 Å². The fourth-order valence-corrected chi connectivity index (χ4v) is 2.54. The Morgan fingerprint density at radius 2 is 1.32 bits per heavy atom. The summed E-state index contributed by atoms with van der Waals surface area (Å²) >= 11 is 0. The van der Waals surface area contributed by atoms with Gasteiger partial charge in [-0.3, -0.25) is 4.79 Å². The summed E-state index contributed by atoms with van der Waals surface area (Å²) in [4.78, 5) is 24.0. The maximum Gasteiger partial charge on any atom is 0.437 e. The lowest BCUT2D eigenvalue weighted by Crippen LogP contribution is -2.59. The molecule has 3 unspecified atom stereocenters. The van der Waals surface area contributed by atoms with Gasteiger partial charge in [0.15, 0.2) is 12.7 Å². The smallest absolute Gasteiger partial charge is 0.437 e. The van der Waals surface area contributed by atoms with Crippen LogP contribution in [0.15, 0.2) is 0 Å². The molecule has 0 aliphatic heterocycles. The van der Waals surface area contributed by atoms with Gasteiger partial charge in [-0.15, -0.1) is 0 Å². The Balaban J connectivity index is 5.72. The van der Waals surface area contributed by atoms with Crippen LogP contribution in [0.5, 0.6) is 0 Å². The lowest BCUT2D eigenvalue weighted by atomic mass is 9.73. The molecular formula is C17H25F7O4. The summed E-state index contributed by atoms with van der Waals surface area (Å²) < 4.78 is 98.6. The van der Waals surface area contributed by atoms with Crippen molar-refractivity contribution >= 4 is 11.9 Å². The summed E-state index contributed by atoms with van der Waals surface area (Å²) in [7, 11) is 0. The van der Waals surface area contributed by atoms with E-state index in [0.29, 0.717) is 6.92 Å². The second kappa shape index (κ2) is 8.86. The Labute approximate surface area is 158 Å². The average Bonchev–Trinajstić information content (AvgIpc) is 2.48. The number of rotatable bonds is 8. The molecule has 3 atom stereocenters. The summed E-state index contributed by atoms with van der Waals surface area (Å²) in [5.41, 5.74) is -6.26. The Morgan fingerprint density at radius 1 is 0.857 bits per heavy atom. The molecule has 0 fully saturated rings. The van der Waals surface area contributed by atoms with Gasteiger partial charge in [0, 0.05) is 0 Å². The molecule has 0 aromatic carbocycles. The molecule has 0 radical (unpaired) electrons. The molecule has 0 aromatic rings. The van der Waals surface area contributed by atoms with Crippen LogP contribution in [0.2, 0.25) is 0 Å². The first kappa shape index (κ1) is 26.4. The molecule has 4 nitrogen and oxygen atoms in total. The maximum absolute atomic E-state index is 14.6. The zero-order valence-electron chi connectivity index (χ0n) is 16.4. The molecule has 0 amide bonds. The molecule has 0 aliphatic rings. The van der Waals surface area contributed by atoms with Gasteiger partial charge in [-0.25, -0.2) is 9.18 Å². The van der Waals surface area contributed by atoms with Gasteiger partial charge in [0.05, 0.1) is 5.41 Å². The molecule has 166 valence electrons. The van der Waals surface area contributed by atoms with Crippen LogP contribution in [0, 0.1) is 17.3 Å². The van der Waals surface area contributed by atoms with Gasteiger partial charge in [-0.05, 0) is 32.1 Å². The van der Waals surface area contributed by atoms with Crippen molar-refractivity contribution < 1.29 is 49.8 Å². The number of halogens is 7. The van der Waals surface area contributed by atoms with E-state index in [-0.39, 0.29) is 12.3 Å². The minimum atomic E-state index is -5.97. The van der Waals surface area contributed by atoms with E-state index in [4.69, 9.17) is 0 Å². The van der Waals surface area contributed by atoms with Gasteiger partial charge in [0.1, 0.15) is 0 Å². The van der Waals surface area contributed by atoms with Crippen molar-refractivity contribution in [3.8, 4) is 0 Å². The number of ether oxygens (including phenoxy) is 2. The zero-order chi connectivity index (χ0) is 22.7. The maximum atomic E-state index is 14.6. The second-order valence-corrected chi connectivity index (χ2v) is 7.62. The molecule has 0 rings (SSSR count). The van der Waals surface area contributed by atoms with Crippen LogP contribution in [0.3, 0.4) is 0 Å². The quantitative estimate of drug-likeness (QED) is 0.405. The van der Waals surface area contributed by atoms with Gasteiger partial charge >= 0.3 is 30.0 Å². The predicted molar refractivity (Wildman–Crippen MR) is 84.9 cm³/mol. The molecular weight excluding hydrogens is 401 g/mol. The Kier molecular flexibility index (Phi) is 8.36. The molecule has 0 saturated heterocycles. The molecule has 0 heterocycles. The van der Waals surface area contributed by atoms with E-state index in [1.807, 2.05) is 0 Å². The van der Waals surface area contributed by atoms with E-state index in [9.17, 15) is 40.3 Å². The predicted octanol–water partition coefficient (Wildman–Crippen LogP) is 5.00. The van der Waals surface area contributed by atoms with Crippen LogP contribution >= 0.6 is 0 Å². The van der Waals surface area contributed by atoms with Crippen LogP contribution in [-0.4, -0.2) is 42.7 Å². The molecule has 11 heteroatoms. The highest BCUT2D eigenvalue weighted by atomic mass is 19.4. The second-order valence-electron chi connectivity index (χ2n) is 7.62. The van der Waals surface area contributed by atoms with Gasteiger partial charge in [0.25, 0.3) is 0 Å². The van der Waals surface area contributed by atoms with Crippen LogP contribution in [0.1, 0.15) is 48.0 Å². The standard InChI is InChI=1S/C17H25F7O4/c1-9(2)7-14(6,10(3)4)12(25)28-11(5)16(21,17(22,23)24)13(26)27-8-15(18,19)20/h9-11H,7-8H2,1-6H3. The van der Waals surface area contributed by atoms with Crippen molar-refractivity contribution in [2.24, 2.45) is 17.3 Å². The minimum Gasteiger partial charge on any atom is -0.458 e. The SMILES string of the molecule is CC(C)CC(C)(C(=O)OC(C)C(F)(C(=O)OCC(F)(F)F)C(F)(F)F)C(C)C. The van der Waals surface area contributed by atoms with E-state index in [1.165, 1.54) is 6.92 Å². The number of esters is 2. The third kappa shape index (κ3) is 6.23. The van der Waals surface area contributed by atoms with Crippen LogP contribution < -0.4 is 0 Å². The first-order chi connectivity index (χ1) is 12.3. The fraction of sp³-hybridized carbons (Fsp3) is 0.882. The number of alkyl halides is 7. The molecule has 0 aromatic heterocycles. The molecule has 0 bridgehead atoms. The van der Waals surface area contributed by atoms with Gasteiger partial charge < -0.3 is 9.47 Å². The van der Waals surface area contributed by atoms with E-state index in [2.05, 4.69) is 9.47 Å². The third-order valence-corrected chi connectivity index (χ3v) is 4.49. The van der Waals surface area contributed by atoms with E-state index >= 15 is 0 Å². The minimum absolute atomic E-state index is 0.0650. The monoisotopic (exact) mass is 426 g/mol. The normalized spacial score (nSPS) is 18.4. The summed E-state index contributed by atoms with van der Waals surface area (Å²) in [6.07, 6.45) is -13.7. The first-order valence-corrected chi connectivity index (χ1v) is 8.49. The third-order valence-electron chi connectivity index (χ3n) is 4.49. The molecule has 0 spiro atoms. The number of hydrogen-bond acceptors (Lipinski definition) is 4. The summed E-state index contributed by atoms with van der Waals surface area (Å²) in [6.45, 7) is 6.17. The average molecular weight is 426 g/mol. The van der Waals surface area contributed by atoms with Gasteiger partial charge in [0.2, 0.25) is 0 Å². The van der Waals surface area contributed by atoms with Crippen molar-refractivity contribution in [1.82, 2.24) is 0 Å². The zero-order valence-corrected chi connectivity index (χ0v) is 16.4.